The molecule has 1 heterocycles. The zero-order valence-electron chi connectivity index (χ0n) is 18.4. The maximum Gasteiger partial charge on any atom is 0.407 e. The Bertz CT molecular complexity index is 1010. The number of aromatic nitrogens is 1. The first kappa shape index (κ1) is 22.6. The minimum Gasteiger partial charge on any atom is -0.508 e. The second-order valence-electron chi connectivity index (χ2n) is 8.60. The van der Waals surface area contributed by atoms with Crippen LogP contribution in [0.2, 0.25) is 0 Å². The van der Waals surface area contributed by atoms with Crippen molar-refractivity contribution in [2.45, 2.75) is 45.8 Å². The number of nitrogens with one attached hydrogen (secondary N) is 2. The number of fused-ring (bicyclic) bond motifs is 1. The molecule has 0 spiro atoms. The normalized spacial score (nSPS) is 11.5. The van der Waals surface area contributed by atoms with Crippen molar-refractivity contribution >= 4 is 16.9 Å². The topological polar surface area (TPSA) is 83.5 Å². The zero-order valence-corrected chi connectivity index (χ0v) is 18.4. The molecule has 0 aliphatic heterocycles. The van der Waals surface area contributed by atoms with E-state index >= 15 is 0 Å². The summed E-state index contributed by atoms with van der Waals surface area (Å²) >= 11 is 0. The molecule has 164 valence electrons. The Morgan fingerprint density at radius 3 is 2.52 bits per heavy atom. The fourth-order valence-electron chi connectivity index (χ4n) is 3.30. The molecule has 3 rings (SSSR count). The monoisotopic (exact) mass is 421 g/mol. The Labute approximate surface area is 183 Å². The summed E-state index contributed by atoms with van der Waals surface area (Å²) in [6.07, 6.45) is 5.22. The Morgan fingerprint density at radius 2 is 1.77 bits per heavy atom. The van der Waals surface area contributed by atoms with Gasteiger partial charge in [-0.25, -0.2) is 4.79 Å². The van der Waals surface area contributed by atoms with Crippen LogP contribution in [0, 0.1) is 0 Å². The first-order valence-corrected chi connectivity index (χ1v) is 10.7. The van der Waals surface area contributed by atoms with E-state index in [1.807, 2.05) is 45.3 Å². The number of ether oxygens (including phenoxy) is 1. The molecule has 1 amide bonds. The van der Waals surface area contributed by atoms with E-state index in [9.17, 15) is 9.90 Å². The number of hydrogen-bond donors (Lipinski definition) is 3. The smallest absolute Gasteiger partial charge is 0.407 e. The van der Waals surface area contributed by atoms with Crippen LogP contribution in [0.15, 0.2) is 54.9 Å². The van der Waals surface area contributed by atoms with Crippen LogP contribution < -0.4 is 10.6 Å². The van der Waals surface area contributed by atoms with Crippen LogP contribution in [-0.4, -0.2) is 34.9 Å². The number of pyridine rings is 1. The van der Waals surface area contributed by atoms with Crippen molar-refractivity contribution < 1.29 is 14.6 Å². The lowest BCUT2D eigenvalue weighted by Crippen LogP contribution is -2.33. The number of phenols is 1. The van der Waals surface area contributed by atoms with Crippen LogP contribution in [0.3, 0.4) is 0 Å². The van der Waals surface area contributed by atoms with Gasteiger partial charge >= 0.3 is 6.09 Å². The number of phenolic OH excluding ortho intramolecular Hbond substituents is 1. The second-order valence-corrected chi connectivity index (χ2v) is 8.60. The number of rotatable bonds is 8. The van der Waals surface area contributed by atoms with Crippen molar-refractivity contribution in [3.05, 3.63) is 60.4 Å². The molecule has 0 radical (unpaired) electrons. The number of nitrogens with zero attached hydrogens (tertiary/aromatic N) is 1. The van der Waals surface area contributed by atoms with E-state index < -0.39 is 5.60 Å². The molecule has 3 aromatic rings. The molecular weight excluding hydrogens is 390 g/mol. The first-order chi connectivity index (χ1) is 14.8. The van der Waals surface area contributed by atoms with Crippen molar-refractivity contribution in [1.82, 2.24) is 15.6 Å². The van der Waals surface area contributed by atoms with Gasteiger partial charge in [-0.05, 0) is 74.9 Å². The molecule has 0 saturated heterocycles. The Hall–Kier alpha value is -3.12. The quantitative estimate of drug-likeness (QED) is 0.446. The molecule has 1 aromatic heterocycles. The van der Waals surface area contributed by atoms with E-state index in [4.69, 9.17) is 4.74 Å². The average molecular weight is 422 g/mol. The second kappa shape index (κ2) is 10.3. The molecule has 6 heteroatoms. The van der Waals surface area contributed by atoms with Gasteiger partial charge in [-0.15, -0.1) is 0 Å². The van der Waals surface area contributed by atoms with Gasteiger partial charge in [0, 0.05) is 36.4 Å². The van der Waals surface area contributed by atoms with Crippen molar-refractivity contribution in [2.75, 3.05) is 13.1 Å². The van der Waals surface area contributed by atoms with E-state index in [2.05, 4.69) is 33.8 Å². The minimum absolute atomic E-state index is 0.253. The fraction of sp³-hybridized carbons (Fsp3) is 0.360. The molecule has 6 nitrogen and oxygen atoms in total. The molecular formula is C25H31N3O3. The summed E-state index contributed by atoms with van der Waals surface area (Å²) in [4.78, 5) is 16.0. The fourth-order valence-corrected chi connectivity index (χ4v) is 3.30. The van der Waals surface area contributed by atoms with E-state index in [1.54, 1.807) is 12.1 Å². The maximum atomic E-state index is 11.6. The highest BCUT2D eigenvalue weighted by Crippen LogP contribution is 2.29. The number of carbonyl (C=O) groups excluding carboxylic acids is 1. The van der Waals surface area contributed by atoms with Crippen LogP contribution in [-0.2, 0) is 11.3 Å². The summed E-state index contributed by atoms with van der Waals surface area (Å²) in [5.74, 6) is 0.253. The van der Waals surface area contributed by atoms with Gasteiger partial charge in [0.05, 0.1) is 0 Å². The molecule has 0 saturated carbocycles. The molecule has 0 bridgehead atoms. The van der Waals surface area contributed by atoms with E-state index in [0.29, 0.717) is 6.54 Å². The largest absolute Gasteiger partial charge is 0.508 e. The maximum absolute atomic E-state index is 11.6. The number of alkyl carbamates (subject to hydrolysis) is 1. The van der Waals surface area contributed by atoms with Crippen LogP contribution in [0.1, 0.15) is 39.2 Å². The zero-order chi connectivity index (χ0) is 22.3. The Kier molecular flexibility index (Phi) is 7.47. The van der Waals surface area contributed by atoms with Gasteiger partial charge in [-0.1, -0.05) is 24.3 Å². The van der Waals surface area contributed by atoms with Crippen LogP contribution in [0.5, 0.6) is 5.75 Å². The molecule has 0 unspecified atom stereocenters. The molecule has 31 heavy (non-hydrogen) atoms. The number of unbranched alkanes of at least 4 members (excludes halogenated alkanes) is 1. The highest BCUT2D eigenvalue weighted by Gasteiger charge is 2.15. The van der Waals surface area contributed by atoms with Crippen molar-refractivity contribution in [3.63, 3.8) is 0 Å². The lowest BCUT2D eigenvalue weighted by molar-refractivity contribution is 0.0527. The number of hydrogen-bond acceptors (Lipinski definition) is 5. The predicted molar refractivity (Wildman–Crippen MR) is 124 cm³/mol. The summed E-state index contributed by atoms with van der Waals surface area (Å²) < 4.78 is 5.22. The summed E-state index contributed by atoms with van der Waals surface area (Å²) in [6.45, 7) is 7.81. The van der Waals surface area contributed by atoms with Crippen LogP contribution in [0.4, 0.5) is 4.79 Å². The molecule has 0 fully saturated rings. The van der Waals surface area contributed by atoms with Crippen LogP contribution in [0.25, 0.3) is 21.9 Å². The SMILES string of the molecule is CC(C)(C)OC(=O)NCCCCNCc1ccc2cncc(-c3ccc(O)cc3)c2c1. The number of benzene rings is 2. The van der Waals surface area contributed by atoms with Gasteiger partial charge in [-0.3, -0.25) is 4.98 Å². The first-order valence-electron chi connectivity index (χ1n) is 10.7. The summed E-state index contributed by atoms with van der Waals surface area (Å²) in [7, 11) is 0. The average Bonchev–Trinajstić information content (AvgIpc) is 2.72. The lowest BCUT2D eigenvalue weighted by Gasteiger charge is -2.19. The Morgan fingerprint density at radius 1 is 1.03 bits per heavy atom. The van der Waals surface area contributed by atoms with Gasteiger partial charge in [0.25, 0.3) is 0 Å². The van der Waals surface area contributed by atoms with Gasteiger partial charge < -0.3 is 20.5 Å². The van der Waals surface area contributed by atoms with Gasteiger partial charge in [0.2, 0.25) is 0 Å². The van der Waals surface area contributed by atoms with Gasteiger partial charge in [-0.2, -0.15) is 0 Å². The number of aromatic hydroxyl groups is 1. The molecule has 0 aliphatic rings. The summed E-state index contributed by atoms with van der Waals surface area (Å²) in [5.41, 5.74) is 2.81. The molecule has 3 N–H and O–H groups in total. The van der Waals surface area contributed by atoms with Gasteiger partial charge in [0.15, 0.2) is 0 Å². The van der Waals surface area contributed by atoms with E-state index in [-0.39, 0.29) is 11.8 Å². The summed E-state index contributed by atoms with van der Waals surface area (Å²) in [5, 5.41) is 18.0. The van der Waals surface area contributed by atoms with Crippen molar-refractivity contribution in [1.29, 1.82) is 0 Å². The van der Waals surface area contributed by atoms with E-state index in [1.165, 1.54) is 5.56 Å². The van der Waals surface area contributed by atoms with Gasteiger partial charge in [0.1, 0.15) is 11.4 Å². The molecule has 0 atom stereocenters. The third kappa shape index (κ3) is 6.96. The lowest BCUT2D eigenvalue weighted by atomic mass is 9.99. The molecule has 0 aliphatic carbocycles. The van der Waals surface area contributed by atoms with Crippen molar-refractivity contribution in [2.24, 2.45) is 0 Å². The summed E-state index contributed by atoms with van der Waals surface area (Å²) in [6, 6.07) is 13.6. The highest BCUT2D eigenvalue weighted by molar-refractivity contribution is 5.96. The molecule has 2 aromatic carbocycles. The van der Waals surface area contributed by atoms with Crippen LogP contribution >= 0.6 is 0 Å². The van der Waals surface area contributed by atoms with Crippen molar-refractivity contribution in [3.8, 4) is 16.9 Å². The van der Waals surface area contributed by atoms with E-state index in [0.717, 1.165) is 47.8 Å². The number of amides is 1. The highest BCUT2D eigenvalue weighted by atomic mass is 16.6. The standard InChI is InChI=1S/C25H31N3O3/c1-25(2,3)31-24(30)28-13-5-4-12-26-15-18-6-7-20-16-27-17-23(22(20)14-18)19-8-10-21(29)11-9-19/h6-11,14,16-17,26,29H,4-5,12-13,15H2,1-3H3,(H,28,30). The predicted octanol–water partition coefficient (Wildman–Crippen LogP) is 5.00. The Balaban J connectivity index is 1.49. The third-order valence-corrected chi connectivity index (χ3v) is 4.78. The third-order valence-electron chi connectivity index (χ3n) is 4.78. The minimum atomic E-state index is -0.469. The number of carbonyl (C=O) groups is 1.